The van der Waals surface area contributed by atoms with Gasteiger partial charge in [0.05, 0.1) is 0 Å². The summed E-state index contributed by atoms with van der Waals surface area (Å²) in [4.78, 5) is 2.38. The van der Waals surface area contributed by atoms with Crippen molar-refractivity contribution in [1.29, 1.82) is 0 Å². The van der Waals surface area contributed by atoms with Crippen LogP contribution < -0.4 is 4.90 Å². The van der Waals surface area contributed by atoms with E-state index >= 15 is 0 Å². The van der Waals surface area contributed by atoms with Crippen LogP contribution in [0.5, 0.6) is 0 Å². The highest BCUT2D eigenvalue weighted by Crippen LogP contribution is 2.41. The van der Waals surface area contributed by atoms with Crippen molar-refractivity contribution < 1.29 is 0 Å². The fourth-order valence-electron chi connectivity index (χ4n) is 8.29. The van der Waals surface area contributed by atoms with E-state index in [2.05, 4.69) is 205 Å². The fourth-order valence-corrected chi connectivity index (χ4v) is 9.38. The minimum Gasteiger partial charge on any atom is -0.310 e. The van der Waals surface area contributed by atoms with Gasteiger partial charge in [-0.1, -0.05) is 140 Å². The molecule has 0 saturated carbocycles. The van der Waals surface area contributed by atoms with E-state index in [0.717, 1.165) is 17.1 Å². The highest BCUT2D eigenvalue weighted by molar-refractivity contribution is 7.25. The Labute approximate surface area is 317 Å². The summed E-state index contributed by atoms with van der Waals surface area (Å²) in [6.45, 7) is 0. The lowest BCUT2D eigenvalue weighted by Gasteiger charge is -2.26. The summed E-state index contributed by atoms with van der Waals surface area (Å²) >= 11 is 1.86. The Morgan fingerprint density at radius 1 is 0.259 bits per heavy atom. The summed E-state index contributed by atoms with van der Waals surface area (Å²) in [5.41, 5.74) is 8.21. The number of anilines is 3. The molecule has 11 rings (SSSR count). The maximum Gasteiger partial charge on any atom is 0.0468 e. The molecule has 0 aliphatic carbocycles. The molecule has 0 bridgehead atoms. The molecule has 0 spiro atoms. The van der Waals surface area contributed by atoms with E-state index in [4.69, 9.17) is 0 Å². The first-order chi connectivity index (χ1) is 26.7. The molecule has 2 heteroatoms. The first-order valence-corrected chi connectivity index (χ1v) is 19.3. The first-order valence-electron chi connectivity index (χ1n) is 18.5. The summed E-state index contributed by atoms with van der Waals surface area (Å²) in [5.74, 6) is 0. The van der Waals surface area contributed by atoms with Crippen molar-refractivity contribution >= 4 is 91.7 Å². The summed E-state index contributed by atoms with van der Waals surface area (Å²) < 4.78 is 2.66. The largest absolute Gasteiger partial charge is 0.310 e. The molecule has 0 fully saturated rings. The number of fused-ring (bicyclic) bond motifs is 9. The van der Waals surface area contributed by atoms with Crippen LogP contribution in [0.2, 0.25) is 0 Å². The number of hydrogen-bond acceptors (Lipinski definition) is 2. The lowest BCUT2D eigenvalue weighted by Crippen LogP contribution is -2.09. The third kappa shape index (κ3) is 5.15. The summed E-state index contributed by atoms with van der Waals surface area (Å²) in [6.07, 6.45) is 0. The van der Waals surface area contributed by atoms with Crippen LogP contribution in [-0.4, -0.2) is 0 Å². The van der Waals surface area contributed by atoms with E-state index in [9.17, 15) is 0 Å². The van der Waals surface area contributed by atoms with Gasteiger partial charge in [0.25, 0.3) is 0 Å². The highest BCUT2D eigenvalue weighted by Gasteiger charge is 2.15. The van der Waals surface area contributed by atoms with Gasteiger partial charge in [-0.2, -0.15) is 0 Å². The van der Waals surface area contributed by atoms with Gasteiger partial charge in [0.2, 0.25) is 0 Å². The Morgan fingerprint density at radius 3 is 1.37 bits per heavy atom. The molecule has 1 nitrogen and oxygen atoms in total. The molecule has 0 amide bonds. The molecule has 0 atom stereocenters. The quantitative estimate of drug-likeness (QED) is 0.161. The van der Waals surface area contributed by atoms with Crippen LogP contribution in [0.4, 0.5) is 17.1 Å². The van der Waals surface area contributed by atoms with Gasteiger partial charge >= 0.3 is 0 Å². The minimum absolute atomic E-state index is 1.12. The minimum atomic E-state index is 1.12. The van der Waals surface area contributed by atoms with Gasteiger partial charge in [-0.05, 0) is 126 Å². The zero-order chi connectivity index (χ0) is 35.6. The van der Waals surface area contributed by atoms with Crippen molar-refractivity contribution in [3.8, 4) is 22.3 Å². The summed E-state index contributed by atoms with van der Waals surface area (Å²) in [7, 11) is 0. The molecule has 0 radical (unpaired) electrons. The Kier molecular flexibility index (Phi) is 7.11. The van der Waals surface area contributed by atoms with Gasteiger partial charge in [-0.3, -0.25) is 0 Å². The standard InChI is InChI=1S/C52H33NS/c1-3-9-45-36(7-1)13-15-40-31-38(21-28-47(40)45)34-17-23-42(24-18-34)53(44-27-29-48-41(32-44)16-14-37-8-2-4-10-46(37)48)43-25-19-35(20-26-43)39-22-30-52-50(33-39)49-11-5-6-12-51(49)54-52/h1-33H. The van der Waals surface area contributed by atoms with Crippen molar-refractivity contribution in [2.75, 3.05) is 4.90 Å². The fraction of sp³-hybridized carbons (Fsp3) is 0. The smallest absolute Gasteiger partial charge is 0.0468 e. The second kappa shape index (κ2) is 12.4. The second-order valence-electron chi connectivity index (χ2n) is 14.2. The predicted molar refractivity (Wildman–Crippen MR) is 235 cm³/mol. The van der Waals surface area contributed by atoms with Crippen molar-refractivity contribution in [1.82, 2.24) is 0 Å². The molecule has 1 heterocycles. The van der Waals surface area contributed by atoms with Gasteiger partial charge in [-0.25, -0.2) is 0 Å². The van der Waals surface area contributed by atoms with E-state index < -0.39 is 0 Å². The Morgan fingerprint density at radius 2 is 0.704 bits per heavy atom. The second-order valence-corrected chi connectivity index (χ2v) is 15.2. The Balaban J connectivity index is 0.997. The molecule has 0 aliphatic rings. The van der Waals surface area contributed by atoms with Crippen LogP contribution in [0.3, 0.4) is 0 Å². The number of hydrogen-bond donors (Lipinski definition) is 0. The molecule has 252 valence electrons. The average Bonchev–Trinajstić information content (AvgIpc) is 3.62. The van der Waals surface area contributed by atoms with E-state index in [-0.39, 0.29) is 0 Å². The molecule has 0 aliphatic heterocycles. The maximum absolute atomic E-state index is 2.38. The van der Waals surface area contributed by atoms with Gasteiger partial charge in [-0.15, -0.1) is 11.3 Å². The topological polar surface area (TPSA) is 3.24 Å². The first kappa shape index (κ1) is 30.8. The molecular weight excluding hydrogens is 671 g/mol. The number of rotatable bonds is 5. The SMILES string of the molecule is c1ccc2c(c1)ccc1cc(-c3ccc(N(c4ccc(-c5ccc6sc7ccccc7c6c5)cc4)c4ccc5c(ccc6ccccc65)c4)cc3)ccc12. The third-order valence-corrected chi connectivity index (χ3v) is 12.2. The van der Waals surface area contributed by atoms with Crippen LogP contribution >= 0.6 is 11.3 Å². The van der Waals surface area contributed by atoms with E-state index in [1.165, 1.54) is 85.5 Å². The molecule has 11 aromatic rings. The van der Waals surface area contributed by atoms with Gasteiger partial charge < -0.3 is 4.90 Å². The van der Waals surface area contributed by atoms with Gasteiger partial charge in [0.1, 0.15) is 0 Å². The monoisotopic (exact) mass is 703 g/mol. The van der Waals surface area contributed by atoms with E-state index in [1.54, 1.807) is 0 Å². The Hall–Kier alpha value is -6.74. The highest BCUT2D eigenvalue weighted by atomic mass is 32.1. The normalized spacial score (nSPS) is 11.7. The third-order valence-electron chi connectivity index (χ3n) is 11.0. The van der Waals surface area contributed by atoms with Gasteiger partial charge in [0, 0.05) is 37.2 Å². The van der Waals surface area contributed by atoms with Crippen LogP contribution in [0.1, 0.15) is 0 Å². The van der Waals surface area contributed by atoms with Crippen molar-refractivity contribution in [3.63, 3.8) is 0 Å². The molecule has 0 unspecified atom stereocenters. The van der Waals surface area contributed by atoms with Crippen LogP contribution in [0, 0.1) is 0 Å². The van der Waals surface area contributed by atoms with Gasteiger partial charge in [0.15, 0.2) is 0 Å². The molecule has 1 aromatic heterocycles. The summed E-state index contributed by atoms with van der Waals surface area (Å²) in [5, 5.41) is 12.8. The lowest BCUT2D eigenvalue weighted by atomic mass is 9.97. The zero-order valence-electron chi connectivity index (χ0n) is 29.4. The zero-order valence-corrected chi connectivity index (χ0v) is 30.2. The van der Waals surface area contributed by atoms with Crippen LogP contribution in [0.25, 0.3) is 85.5 Å². The number of thiophene rings is 1. The van der Waals surface area contributed by atoms with E-state index in [1.807, 2.05) is 11.3 Å². The lowest BCUT2D eigenvalue weighted by molar-refractivity contribution is 1.29. The molecule has 54 heavy (non-hydrogen) atoms. The Bertz CT molecular complexity index is 3210. The number of nitrogens with zero attached hydrogens (tertiary/aromatic N) is 1. The molecule has 10 aromatic carbocycles. The van der Waals surface area contributed by atoms with E-state index in [0.29, 0.717) is 0 Å². The molecule has 0 saturated heterocycles. The molecular formula is C52H33NS. The molecule has 0 N–H and O–H groups in total. The van der Waals surface area contributed by atoms with Crippen molar-refractivity contribution in [3.05, 3.63) is 200 Å². The maximum atomic E-state index is 2.38. The summed E-state index contributed by atoms with van der Waals surface area (Å²) in [6, 6.07) is 73.6. The van der Waals surface area contributed by atoms with Crippen molar-refractivity contribution in [2.24, 2.45) is 0 Å². The predicted octanol–water partition coefficient (Wildman–Crippen LogP) is 15.5. The number of benzene rings is 10. The van der Waals surface area contributed by atoms with Crippen LogP contribution in [-0.2, 0) is 0 Å². The van der Waals surface area contributed by atoms with Crippen molar-refractivity contribution in [2.45, 2.75) is 0 Å². The average molecular weight is 704 g/mol. The van der Waals surface area contributed by atoms with Crippen LogP contribution in [0.15, 0.2) is 200 Å².